The second-order valence-electron chi connectivity index (χ2n) is 3.81. The van der Waals surface area contributed by atoms with Gasteiger partial charge in [0.15, 0.2) is 5.78 Å². The van der Waals surface area contributed by atoms with E-state index in [9.17, 15) is 14.4 Å². The molecule has 0 bridgehead atoms. The number of hydrogen-bond donors (Lipinski definition) is 0. The zero-order valence-electron chi connectivity index (χ0n) is 11.6. The van der Waals surface area contributed by atoms with E-state index in [4.69, 9.17) is 9.47 Å². The Morgan fingerprint density at radius 1 is 1.10 bits per heavy atom. The minimum atomic E-state index is -1.01. The number of methoxy groups -OCH3 is 2. The standard InChI is InChI=1S/C14H16O6/c1-4-20-14(17)12(16)8-11(15)10-7-9(18-2)5-6-13(10)19-3/h5-7H,4,8H2,1-3H3. The largest absolute Gasteiger partial charge is 0.497 e. The SMILES string of the molecule is CCOC(=O)C(=O)CC(=O)c1cc(OC)ccc1OC. The summed E-state index contributed by atoms with van der Waals surface area (Å²) in [4.78, 5) is 34.8. The minimum absolute atomic E-state index is 0.0846. The van der Waals surface area contributed by atoms with Crippen molar-refractivity contribution in [3.8, 4) is 11.5 Å². The zero-order valence-corrected chi connectivity index (χ0v) is 11.6. The monoisotopic (exact) mass is 280 g/mol. The number of carbonyl (C=O) groups is 3. The molecule has 0 unspecified atom stereocenters. The van der Waals surface area contributed by atoms with Gasteiger partial charge >= 0.3 is 5.97 Å². The van der Waals surface area contributed by atoms with E-state index in [0.717, 1.165) is 0 Å². The summed E-state index contributed by atoms with van der Waals surface area (Å²) in [5.41, 5.74) is 0.185. The lowest BCUT2D eigenvalue weighted by atomic mass is 10.0. The maximum Gasteiger partial charge on any atom is 0.375 e. The zero-order chi connectivity index (χ0) is 15.1. The molecule has 6 nitrogen and oxygen atoms in total. The fourth-order valence-electron chi connectivity index (χ4n) is 1.56. The van der Waals surface area contributed by atoms with Gasteiger partial charge in [0, 0.05) is 0 Å². The third-order valence-electron chi connectivity index (χ3n) is 2.53. The molecule has 20 heavy (non-hydrogen) atoms. The second-order valence-corrected chi connectivity index (χ2v) is 3.81. The first-order valence-corrected chi connectivity index (χ1v) is 5.98. The normalized spacial score (nSPS) is 9.75. The molecule has 0 N–H and O–H groups in total. The van der Waals surface area contributed by atoms with Crippen LogP contribution in [0.25, 0.3) is 0 Å². The van der Waals surface area contributed by atoms with Gasteiger partial charge in [0.05, 0.1) is 32.8 Å². The van der Waals surface area contributed by atoms with Gasteiger partial charge in [-0.05, 0) is 25.1 Å². The molecular weight excluding hydrogens is 264 g/mol. The molecule has 0 amide bonds. The number of rotatable bonds is 7. The minimum Gasteiger partial charge on any atom is -0.497 e. The lowest BCUT2D eigenvalue weighted by Crippen LogP contribution is -2.20. The number of ketones is 2. The number of hydrogen-bond acceptors (Lipinski definition) is 6. The molecule has 1 rings (SSSR count). The third-order valence-corrected chi connectivity index (χ3v) is 2.53. The van der Waals surface area contributed by atoms with Crippen LogP contribution in [0, 0.1) is 0 Å². The summed E-state index contributed by atoms with van der Waals surface area (Å²) in [6.45, 7) is 1.67. The van der Waals surface area contributed by atoms with E-state index in [-0.39, 0.29) is 12.2 Å². The van der Waals surface area contributed by atoms with Crippen molar-refractivity contribution in [1.82, 2.24) is 0 Å². The highest BCUT2D eigenvalue weighted by molar-refractivity contribution is 6.38. The van der Waals surface area contributed by atoms with Crippen molar-refractivity contribution < 1.29 is 28.6 Å². The molecule has 1 aromatic rings. The predicted octanol–water partition coefficient (Wildman–Crippen LogP) is 1.41. The lowest BCUT2D eigenvalue weighted by molar-refractivity contribution is -0.153. The van der Waals surface area contributed by atoms with Crippen LogP contribution in [-0.2, 0) is 14.3 Å². The molecular formula is C14H16O6. The predicted molar refractivity (Wildman–Crippen MR) is 70.1 cm³/mol. The van der Waals surface area contributed by atoms with Gasteiger partial charge in [0.2, 0.25) is 5.78 Å². The van der Waals surface area contributed by atoms with E-state index < -0.39 is 24.0 Å². The molecule has 0 aliphatic rings. The fraction of sp³-hybridized carbons (Fsp3) is 0.357. The van der Waals surface area contributed by atoms with Crippen LogP contribution in [0.2, 0.25) is 0 Å². The second kappa shape index (κ2) is 7.28. The van der Waals surface area contributed by atoms with Gasteiger partial charge in [-0.2, -0.15) is 0 Å². The maximum atomic E-state index is 12.0. The molecule has 1 aromatic carbocycles. The van der Waals surface area contributed by atoms with Crippen molar-refractivity contribution in [2.75, 3.05) is 20.8 Å². The van der Waals surface area contributed by atoms with E-state index >= 15 is 0 Å². The van der Waals surface area contributed by atoms with Crippen molar-refractivity contribution in [1.29, 1.82) is 0 Å². The molecule has 0 fully saturated rings. The molecule has 6 heteroatoms. The smallest absolute Gasteiger partial charge is 0.375 e. The first kappa shape index (κ1) is 15.7. The fourth-order valence-corrected chi connectivity index (χ4v) is 1.56. The number of esters is 1. The van der Waals surface area contributed by atoms with Gasteiger partial charge in [-0.1, -0.05) is 0 Å². The Kier molecular flexibility index (Phi) is 5.71. The van der Waals surface area contributed by atoms with Crippen LogP contribution in [-0.4, -0.2) is 38.4 Å². The Labute approximate surface area is 116 Å². The van der Waals surface area contributed by atoms with Crippen LogP contribution >= 0.6 is 0 Å². The molecule has 0 aliphatic heterocycles. The van der Waals surface area contributed by atoms with E-state index in [0.29, 0.717) is 11.5 Å². The highest BCUT2D eigenvalue weighted by atomic mass is 16.5. The van der Waals surface area contributed by atoms with Gasteiger partial charge in [0.1, 0.15) is 11.5 Å². The molecule has 0 atom stereocenters. The number of Topliss-reactive ketones (excluding diaryl/α,β-unsaturated/α-hetero) is 2. The molecule has 0 aromatic heterocycles. The van der Waals surface area contributed by atoms with Crippen LogP contribution in [0.15, 0.2) is 18.2 Å². The van der Waals surface area contributed by atoms with Crippen molar-refractivity contribution in [2.24, 2.45) is 0 Å². The van der Waals surface area contributed by atoms with Crippen molar-refractivity contribution in [2.45, 2.75) is 13.3 Å². The molecule has 0 saturated carbocycles. The average Bonchev–Trinajstić information content (AvgIpc) is 2.46. The highest BCUT2D eigenvalue weighted by Crippen LogP contribution is 2.25. The molecule has 108 valence electrons. The van der Waals surface area contributed by atoms with Gasteiger partial charge in [-0.15, -0.1) is 0 Å². The molecule has 0 saturated heterocycles. The molecule has 0 aliphatic carbocycles. The summed E-state index contributed by atoms with van der Waals surface area (Å²) in [5, 5.41) is 0. The Morgan fingerprint density at radius 2 is 1.80 bits per heavy atom. The topological polar surface area (TPSA) is 78.9 Å². The quantitative estimate of drug-likeness (QED) is 0.325. The Balaban J connectivity index is 2.91. The first-order valence-electron chi connectivity index (χ1n) is 5.98. The molecule has 0 heterocycles. The summed E-state index contributed by atoms with van der Waals surface area (Å²) in [6, 6.07) is 4.64. The summed E-state index contributed by atoms with van der Waals surface area (Å²) in [6.07, 6.45) is -0.567. The number of ether oxygens (including phenoxy) is 3. The Bertz CT molecular complexity index is 520. The summed E-state index contributed by atoms with van der Waals surface area (Å²) < 4.78 is 14.6. The van der Waals surface area contributed by atoms with Gasteiger partial charge in [0.25, 0.3) is 0 Å². The van der Waals surface area contributed by atoms with Crippen molar-refractivity contribution in [3.63, 3.8) is 0 Å². The summed E-state index contributed by atoms with van der Waals surface area (Å²) in [5.74, 6) is -1.66. The average molecular weight is 280 g/mol. The summed E-state index contributed by atoms with van der Waals surface area (Å²) in [7, 11) is 2.87. The Morgan fingerprint density at radius 3 is 2.35 bits per heavy atom. The first-order chi connectivity index (χ1) is 9.53. The van der Waals surface area contributed by atoms with Crippen LogP contribution < -0.4 is 9.47 Å². The maximum absolute atomic E-state index is 12.0. The summed E-state index contributed by atoms with van der Waals surface area (Å²) >= 11 is 0. The van der Waals surface area contributed by atoms with Crippen LogP contribution in [0.1, 0.15) is 23.7 Å². The van der Waals surface area contributed by atoms with E-state index in [1.54, 1.807) is 19.1 Å². The van der Waals surface area contributed by atoms with Gasteiger partial charge in [-0.3, -0.25) is 9.59 Å². The van der Waals surface area contributed by atoms with E-state index in [1.807, 2.05) is 0 Å². The van der Waals surface area contributed by atoms with Crippen molar-refractivity contribution in [3.05, 3.63) is 23.8 Å². The molecule has 0 radical (unpaired) electrons. The van der Waals surface area contributed by atoms with Crippen LogP contribution in [0.5, 0.6) is 11.5 Å². The number of carbonyl (C=O) groups excluding carboxylic acids is 3. The molecule has 0 spiro atoms. The van der Waals surface area contributed by atoms with Crippen LogP contribution in [0.4, 0.5) is 0 Å². The van der Waals surface area contributed by atoms with Crippen LogP contribution in [0.3, 0.4) is 0 Å². The van der Waals surface area contributed by atoms with Gasteiger partial charge < -0.3 is 14.2 Å². The van der Waals surface area contributed by atoms with E-state index in [1.165, 1.54) is 20.3 Å². The van der Waals surface area contributed by atoms with Gasteiger partial charge in [-0.25, -0.2) is 4.79 Å². The third kappa shape index (κ3) is 3.81. The Hall–Kier alpha value is -2.37. The van der Waals surface area contributed by atoms with E-state index in [2.05, 4.69) is 4.74 Å². The highest BCUT2D eigenvalue weighted by Gasteiger charge is 2.22. The van der Waals surface area contributed by atoms with Crippen molar-refractivity contribution >= 4 is 17.5 Å². The lowest BCUT2D eigenvalue weighted by Gasteiger charge is -2.09. The number of benzene rings is 1.